The van der Waals surface area contributed by atoms with Crippen molar-refractivity contribution in [3.8, 4) is 0 Å². The Balaban J connectivity index is 1.69. The molecule has 0 unspecified atom stereocenters. The molecule has 0 atom stereocenters. The van der Waals surface area contributed by atoms with Gasteiger partial charge in [0.05, 0.1) is 28.6 Å². The summed E-state index contributed by atoms with van der Waals surface area (Å²) in [6.45, 7) is 3.92. The van der Waals surface area contributed by atoms with Gasteiger partial charge in [0.1, 0.15) is 0 Å². The minimum Gasteiger partial charge on any atom is -0.267 e. The van der Waals surface area contributed by atoms with Crippen molar-refractivity contribution in [3.05, 3.63) is 137 Å². The first-order chi connectivity index (χ1) is 18.2. The molecule has 0 saturated carbocycles. The summed E-state index contributed by atoms with van der Waals surface area (Å²) in [6.07, 6.45) is 1.45. The minimum absolute atomic E-state index is 0.0373. The smallest absolute Gasteiger partial charge is 0.264 e. The maximum atomic E-state index is 14.1. The highest BCUT2D eigenvalue weighted by atomic mass is 32.2. The van der Waals surface area contributed by atoms with Crippen LogP contribution in [0.3, 0.4) is 0 Å². The predicted octanol–water partition coefficient (Wildman–Crippen LogP) is 5.70. The van der Waals surface area contributed by atoms with Crippen molar-refractivity contribution < 1.29 is 16.8 Å². The molecule has 1 aliphatic heterocycles. The summed E-state index contributed by atoms with van der Waals surface area (Å²) in [5.41, 5.74) is 4.36. The molecule has 0 amide bonds. The quantitative estimate of drug-likeness (QED) is 0.299. The van der Waals surface area contributed by atoms with Crippen molar-refractivity contribution in [1.29, 1.82) is 0 Å². The molecule has 8 heteroatoms. The van der Waals surface area contributed by atoms with E-state index >= 15 is 0 Å². The van der Waals surface area contributed by atoms with E-state index in [1.165, 1.54) is 14.8 Å². The molecule has 0 bridgehead atoms. The maximum Gasteiger partial charge on any atom is 0.264 e. The Morgan fingerprint density at radius 2 is 1.24 bits per heavy atom. The molecule has 0 N–H and O–H groups in total. The van der Waals surface area contributed by atoms with Crippen LogP contribution < -0.4 is 0 Å². The van der Waals surface area contributed by atoms with Crippen LogP contribution in [-0.4, -0.2) is 25.4 Å². The van der Waals surface area contributed by atoms with E-state index in [-0.39, 0.29) is 22.9 Å². The molecule has 0 aliphatic carbocycles. The predicted molar refractivity (Wildman–Crippen MR) is 149 cm³/mol. The first-order valence-corrected chi connectivity index (χ1v) is 15.1. The minimum atomic E-state index is -4.05. The molecular formula is C30H28N2O4S2. The number of aryl methyl sites for hydroxylation is 2. The molecular weight excluding hydrogens is 516 g/mol. The molecule has 1 heterocycles. The Labute approximate surface area is 224 Å². The van der Waals surface area contributed by atoms with Crippen LogP contribution in [0, 0.1) is 13.8 Å². The topological polar surface area (TPSA) is 74.8 Å². The number of nitrogens with zero attached hydrogens (tertiary/aromatic N) is 2. The van der Waals surface area contributed by atoms with Crippen LogP contribution in [0.2, 0.25) is 0 Å². The van der Waals surface area contributed by atoms with E-state index in [1.54, 1.807) is 48.5 Å². The van der Waals surface area contributed by atoms with Crippen molar-refractivity contribution in [2.24, 2.45) is 0 Å². The van der Waals surface area contributed by atoms with Crippen molar-refractivity contribution in [1.82, 2.24) is 8.61 Å². The average molecular weight is 545 g/mol. The first-order valence-electron chi connectivity index (χ1n) is 12.2. The van der Waals surface area contributed by atoms with Crippen LogP contribution in [0.1, 0.15) is 27.8 Å². The third-order valence-electron chi connectivity index (χ3n) is 6.56. The number of benzene rings is 4. The lowest BCUT2D eigenvalue weighted by atomic mass is 10.0. The molecule has 38 heavy (non-hydrogen) atoms. The monoisotopic (exact) mass is 544 g/mol. The lowest BCUT2D eigenvalue weighted by molar-refractivity contribution is 0.470. The van der Waals surface area contributed by atoms with E-state index in [0.717, 1.165) is 22.3 Å². The van der Waals surface area contributed by atoms with Gasteiger partial charge in [-0.2, -0.15) is 0 Å². The Morgan fingerprint density at radius 1 is 0.684 bits per heavy atom. The van der Waals surface area contributed by atoms with Gasteiger partial charge in [0, 0.05) is 11.8 Å². The molecule has 1 aliphatic rings. The lowest BCUT2D eigenvalue weighted by Gasteiger charge is -2.34. The van der Waals surface area contributed by atoms with Crippen LogP contribution in [0.4, 0.5) is 0 Å². The number of hydrogen-bond acceptors (Lipinski definition) is 4. The highest BCUT2D eigenvalue weighted by Crippen LogP contribution is 2.36. The molecule has 6 nitrogen and oxygen atoms in total. The third kappa shape index (κ3) is 4.97. The van der Waals surface area contributed by atoms with Crippen LogP contribution in [0.5, 0.6) is 0 Å². The molecule has 5 rings (SSSR count). The Bertz CT molecular complexity index is 1700. The number of hydrogen-bond donors (Lipinski definition) is 0. The summed E-state index contributed by atoms with van der Waals surface area (Å²) < 4.78 is 58.2. The largest absolute Gasteiger partial charge is 0.267 e. The average Bonchev–Trinajstić information content (AvgIpc) is 2.92. The van der Waals surface area contributed by atoms with Gasteiger partial charge in [0.25, 0.3) is 20.0 Å². The highest BCUT2D eigenvalue weighted by Gasteiger charge is 2.34. The normalized spacial score (nSPS) is 13.5. The van der Waals surface area contributed by atoms with Gasteiger partial charge < -0.3 is 0 Å². The van der Waals surface area contributed by atoms with Gasteiger partial charge in [-0.3, -0.25) is 8.61 Å². The van der Waals surface area contributed by atoms with Gasteiger partial charge in [-0.05, 0) is 49.2 Å². The number of sulfonamides is 2. The highest BCUT2D eigenvalue weighted by molar-refractivity contribution is 7.89. The number of fused-ring (bicyclic) bond motifs is 1. The van der Waals surface area contributed by atoms with Crippen molar-refractivity contribution in [2.75, 3.05) is 0 Å². The van der Waals surface area contributed by atoms with Crippen molar-refractivity contribution in [3.63, 3.8) is 0 Å². The second-order valence-corrected chi connectivity index (χ2v) is 13.1. The van der Waals surface area contributed by atoms with Gasteiger partial charge in [-0.25, -0.2) is 16.8 Å². The van der Waals surface area contributed by atoms with Crippen molar-refractivity contribution in [2.45, 2.75) is 36.7 Å². The summed E-state index contributed by atoms with van der Waals surface area (Å²) >= 11 is 0. The Kier molecular flexibility index (Phi) is 6.86. The Morgan fingerprint density at radius 3 is 1.87 bits per heavy atom. The van der Waals surface area contributed by atoms with E-state index in [2.05, 4.69) is 0 Å². The van der Waals surface area contributed by atoms with E-state index in [0.29, 0.717) is 11.3 Å². The zero-order chi connectivity index (χ0) is 26.9. The van der Waals surface area contributed by atoms with Gasteiger partial charge in [-0.1, -0.05) is 90.0 Å². The fourth-order valence-corrected chi connectivity index (χ4v) is 7.17. The summed E-state index contributed by atoms with van der Waals surface area (Å²) in [7, 11) is -8.00. The van der Waals surface area contributed by atoms with E-state index in [4.69, 9.17) is 0 Å². The maximum absolute atomic E-state index is 14.1. The van der Waals surface area contributed by atoms with E-state index in [9.17, 15) is 16.8 Å². The molecule has 0 aromatic heterocycles. The molecule has 0 radical (unpaired) electrons. The molecule has 4 aromatic carbocycles. The van der Waals surface area contributed by atoms with Crippen LogP contribution >= 0.6 is 0 Å². The fourth-order valence-electron chi connectivity index (χ4n) is 4.41. The molecule has 0 saturated heterocycles. The molecule has 0 spiro atoms. The van der Waals surface area contributed by atoms with Gasteiger partial charge in [0.15, 0.2) is 0 Å². The van der Waals surface area contributed by atoms with Crippen molar-refractivity contribution >= 4 is 25.7 Å². The molecule has 0 fully saturated rings. The molecule has 4 aromatic rings. The first kappa shape index (κ1) is 25.8. The second-order valence-electron chi connectivity index (χ2n) is 9.35. The standard InChI is InChI=1S/C30H28N2O4S2/c1-23-12-16-27(17-13-23)37(33,34)31-21-26-10-6-7-11-29(26)30(22-31)32(20-25-8-4-3-5-9-25)38(35,36)28-18-14-24(2)15-19-28/h3-19,22H,20-21H2,1-2H3. The zero-order valence-electron chi connectivity index (χ0n) is 21.2. The van der Waals surface area contributed by atoms with E-state index < -0.39 is 20.0 Å². The third-order valence-corrected chi connectivity index (χ3v) is 10.1. The fraction of sp³-hybridized carbons (Fsp3) is 0.133. The summed E-state index contributed by atoms with van der Waals surface area (Å²) in [6, 6.07) is 29.9. The van der Waals surface area contributed by atoms with Gasteiger partial charge in [0.2, 0.25) is 0 Å². The second kappa shape index (κ2) is 10.1. The Hall–Kier alpha value is -3.88. The van der Waals surface area contributed by atoms with Gasteiger partial charge in [-0.15, -0.1) is 0 Å². The zero-order valence-corrected chi connectivity index (χ0v) is 22.8. The SMILES string of the molecule is Cc1ccc(S(=O)(=O)N2C=C(N(Cc3ccccc3)S(=O)(=O)c3ccc(C)cc3)c3ccccc3C2)cc1. The summed E-state index contributed by atoms with van der Waals surface area (Å²) in [5.74, 6) is 0. The van der Waals surface area contributed by atoms with Gasteiger partial charge >= 0.3 is 0 Å². The summed E-state index contributed by atoms with van der Waals surface area (Å²) in [5, 5.41) is 0. The van der Waals surface area contributed by atoms with Crippen LogP contribution in [0.25, 0.3) is 5.70 Å². The lowest BCUT2D eigenvalue weighted by Crippen LogP contribution is -2.35. The summed E-state index contributed by atoms with van der Waals surface area (Å²) in [4.78, 5) is 0.282. The molecule has 194 valence electrons. The number of rotatable bonds is 7. The van der Waals surface area contributed by atoms with Crippen LogP contribution in [-0.2, 0) is 33.1 Å². The van der Waals surface area contributed by atoms with Crippen LogP contribution in [0.15, 0.2) is 119 Å². The van der Waals surface area contributed by atoms with E-state index in [1.807, 2.05) is 68.4 Å².